The molecule has 1 unspecified atom stereocenters. The van der Waals surface area contributed by atoms with Crippen molar-refractivity contribution < 1.29 is 14.0 Å². The Morgan fingerprint density at radius 2 is 1.94 bits per heavy atom. The van der Waals surface area contributed by atoms with Gasteiger partial charge < -0.3 is 5.32 Å². The van der Waals surface area contributed by atoms with E-state index >= 15 is 0 Å². The molecular weight excluding hydrogens is 463 g/mol. The van der Waals surface area contributed by atoms with Crippen molar-refractivity contribution in [2.24, 2.45) is 0 Å². The third-order valence-corrected chi connectivity index (χ3v) is 7.02. The first-order chi connectivity index (χ1) is 17.0. The maximum atomic E-state index is 14.2. The Morgan fingerprint density at radius 3 is 2.69 bits per heavy atom. The van der Waals surface area contributed by atoms with Gasteiger partial charge in [-0.3, -0.25) is 19.4 Å². The molecule has 8 heteroatoms. The molecule has 0 aliphatic carbocycles. The summed E-state index contributed by atoms with van der Waals surface area (Å²) in [5.41, 5.74) is 3.44. The van der Waals surface area contributed by atoms with Gasteiger partial charge >= 0.3 is 0 Å². The van der Waals surface area contributed by atoms with Crippen molar-refractivity contribution in [2.75, 3.05) is 18.0 Å². The summed E-state index contributed by atoms with van der Waals surface area (Å²) >= 11 is 1.21. The van der Waals surface area contributed by atoms with Gasteiger partial charge in [0, 0.05) is 44.1 Å². The van der Waals surface area contributed by atoms with Crippen LogP contribution in [0.4, 0.5) is 15.2 Å². The van der Waals surface area contributed by atoms with Crippen LogP contribution < -0.4 is 10.2 Å². The molecule has 1 N–H and O–H groups in total. The Kier molecular flexibility index (Phi) is 8.05. The van der Waals surface area contributed by atoms with E-state index in [1.54, 1.807) is 23.6 Å². The van der Waals surface area contributed by atoms with Crippen LogP contribution in [0.2, 0.25) is 0 Å². The van der Waals surface area contributed by atoms with Gasteiger partial charge in [-0.15, -0.1) is 11.3 Å². The number of nitrogens with one attached hydrogen (secondary N) is 1. The predicted octanol–water partition coefficient (Wildman–Crippen LogP) is 4.93. The topological polar surface area (TPSA) is 65.5 Å². The van der Waals surface area contributed by atoms with Crippen LogP contribution in [-0.4, -0.2) is 40.8 Å². The maximum absolute atomic E-state index is 14.2. The molecule has 0 fully saturated rings. The number of halogens is 1. The first-order valence-corrected chi connectivity index (χ1v) is 12.6. The van der Waals surface area contributed by atoms with Crippen LogP contribution in [0.1, 0.15) is 37.1 Å². The van der Waals surface area contributed by atoms with Crippen LogP contribution in [-0.2, 0) is 22.6 Å². The average molecular weight is 493 g/mol. The zero-order valence-corrected chi connectivity index (χ0v) is 20.7. The number of hydrogen-bond acceptors (Lipinski definition) is 5. The van der Waals surface area contributed by atoms with Crippen molar-refractivity contribution in [3.63, 3.8) is 0 Å². The fourth-order valence-electron chi connectivity index (χ4n) is 4.30. The van der Waals surface area contributed by atoms with Crippen molar-refractivity contribution >= 4 is 40.0 Å². The summed E-state index contributed by atoms with van der Waals surface area (Å²) in [6.07, 6.45) is 5.01. The molecule has 35 heavy (non-hydrogen) atoms. The van der Waals surface area contributed by atoms with Crippen LogP contribution in [0, 0.1) is 5.82 Å². The lowest BCUT2D eigenvalue weighted by atomic mass is 9.98. The van der Waals surface area contributed by atoms with Gasteiger partial charge in [0.1, 0.15) is 5.82 Å². The monoisotopic (exact) mass is 492 g/mol. The van der Waals surface area contributed by atoms with E-state index in [1.165, 1.54) is 52.5 Å². The zero-order chi connectivity index (χ0) is 24.8. The molecule has 0 saturated carbocycles. The number of thiazole rings is 1. The largest absolute Gasteiger partial charge is 0.351 e. The van der Waals surface area contributed by atoms with E-state index in [4.69, 9.17) is 0 Å². The predicted molar refractivity (Wildman–Crippen MR) is 138 cm³/mol. The minimum absolute atomic E-state index is 0.147. The highest BCUT2D eigenvalue weighted by atomic mass is 32.1. The second kappa shape index (κ2) is 11.4. The van der Waals surface area contributed by atoms with Crippen molar-refractivity contribution in [3.8, 4) is 0 Å². The van der Waals surface area contributed by atoms with E-state index in [0.717, 1.165) is 25.9 Å². The third-order valence-electron chi connectivity index (χ3n) is 6.17. The summed E-state index contributed by atoms with van der Waals surface area (Å²) in [6, 6.07) is 14.9. The number of para-hydroxylation sites is 1. The lowest BCUT2D eigenvalue weighted by Gasteiger charge is -2.35. The number of rotatable bonds is 8. The molecule has 0 spiro atoms. The van der Waals surface area contributed by atoms with Gasteiger partial charge in [-0.2, -0.15) is 0 Å². The number of nitrogens with zero attached hydrogens (tertiary/aromatic N) is 3. The fraction of sp³-hybridized carbons (Fsp3) is 0.296. The average Bonchev–Trinajstić information content (AvgIpc) is 3.32. The first kappa shape index (κ1) is 24.8. The molecule has 3 aromatic rings. The van der Waals surface area contributed by atoms with Crippen LogP contribution in [0.3, 0.4) is 0 Å². The molecular formula is C27H29FN4O2S. The summed E-state index contributed by atoms with van der Waals surface area (Å²) < 4.78 is 14.2. The lowest BCUT2D eigenvalue weighted by Crippen LogP contribution is -2.45. The number of carbonyl (C=O) groups excluding carboxylic acids is 2. The fourth-order valence-corrected chi connectivity index (χ4v) is 5.14. The summed E-state index contributed by atoms with van der Waals surface area (Å²) in [7, 11) is 0. The molecule has 1 aliphatic heterocycles. The van der Waals surface area contributed by atoms with Crippen molar-refractivity contribution in [1.82, 2.24) is 15.2 Å². The number of amides is 2. The molecule has 2 aromatic carbocycles. The molecule has 1 atom stereocenters. The van der Waals surface area contributed by atoms with Crippen LogP contribution in [0.5, 0.6) is 0 Å². The summed E-state index contributed by atoms with van der Waals surface area (Å²) in [5.74, 6) is -1.05. The normalized spacial score (nSPS) is 14.5. The minimum Gasteiger partial charge on any atom is -0.351 e. The molecule has 2 amide bonds. The highest BCUT2D eigenvalue weighted by molar-refractivity contribution is 7.14. The van der Waals surface area contributed by atoms with E-state index in [2.05, 4.69) is 46.4 Å². The minimum atomic E-state index is -0.503. The Hall–Kier alpha value is -3.36. The molecule has 4 rings (SSSR count). The van der Waals surface area contributed by atoms with Gasteiger partial charge in [0.05, 0.1) is 11.4 Å². The Labute approximate surface area is 209 Å². The van der Waals surface area contributed by atoms with Gasteiger partial charge in [-0.25, -0.2) is 9.37 Å². The summed E-state index contributed by atoms with van der Waals surface area (Å²) in [5, 5.41) is 5.08. The van der Waals surface area contributed by atoms with Gasteiger partial charge in [0.25, 0.3) is 0 Å². The number of fused-ring (bicyclic) bond motifs is 1. The Bertz CT molecular complexity index is 1230. The highest BCUT2D eigenvalue weighted by Gasteiger charge is 2.23. The first-order valence-electron chi connectivity index (χ1n) is 11.7. The van der Waals surface area contributed by atoms with E-state index in [9.17, 15) is 14.0 Å². The van der Waals surface area contributed by atoms with Crippen LogP contribution >= 0.6 is 11.3 Å². The molecule has 0 bridgehead atoms. The molecule has 182 valence electrons. The van der Waals surface area contributed by atoms with Gasteiger partial charge in [0.2, 0.25) is 11.8 Å². The number of aromatic nitrogens is 1. The summed E-state index contributed by atoms with van der Waals surface area (Å²) in [6.45, 7) is 5.95. The number of anilines is 2. The van der Waals surface area contributed by atoms with E-state index < -0.39 is 5.82 Å². The second-order valence-corrected chi connectivity index (χ2v) is 9.33. The van der Waals surface area contributed by atoms with E-state index in [-0.39, 0.29) is 23.5 Å². The Morgan fingerprint density at radius 1 is 1.20 bits per heavy atom. The molecule has 2 heterocycles. The van der Waals surface area contributed by atoms with Crippen molar-refractivity contribution in [1.29, 1.82) is 0 Å². The number of carbonyl (C=O) groups is 2. The lowest BCUT2D eigenvalue weighted by molar-refractivity contribution is -0.117. The molecule has 6 nitrogen and oxygen atoms in total. The van der Waals surface area contributed by atoms with Crippen molar-refractivity contribution in [2.45, 2.75) is 39.3 Å². The third kappa shape index (κ3) is 6.01. The maximum Gasteiger partial charge on any atom is 0.244 e. The van der Waals surface area contributed by atoms with Crippen LogP contribution in [0.15, 0.2) is 60.0 Å². The molecule has 0 saturated heterocycles. The van der Waals surface area contributed by atoms with E-state index in [1.807, 2.05) is 0 Å². The molecule has 1 aromatic heterocycles. The number of hydrogen-bond donors (Lipinski definition) is 1. The van der Waals surface area contributed by atoms with Gasteiger partial charge in [-0.1, -0.05) is 43.3 Å². The van der Waals surface area contributed by atoms with Gasteiger partial charge in [-0.05, 0) is 42.2 Å². The van der Waals surface area contributed by atoms with E-state index in [0.29, 0.717) is 17.4 Å². The second-order valence-electron chi connectivity index (χ2n) is 8.49. The smallest absolute Gasteiger partial charge is 0.244 e. The zero-order valence-electron chi connectivity index (χ0n) is 19.9. The van der Waals surface area contributed by atoms with Gasteiger partial charge in [0.15, 0.2) is 5.13 Å². The molecule has 1 aliphatic rings. The van der Waals surface area contributed by atoms with Crippen LogP contribution in [0.25, 0.3) is 6.08 Å². The number of benzene rings is 2. The van der Waals surface area contributed by atoms with Crippen molar-refractivity contribution in [3.05, 3.63) is 82.6 Å². The summed E-state index contributed by atoms with van der Waals surface area (Å²) in [4.78, 5) is 32.7. The standard InChI is InChI=1S/C27H29FN4O2S/c1-3-23(31-15-14-20-8-4-5-9-21(20)17-31)16-29-26(34)13-12-22-18-35-27(30-22)32(19(2)33)25-11-7-6-10-24(25)28/h4-13,18,23H,3,14-17H2,1-2H3,(H,29,34)/b13-12+. The Balaban J connectivity index is 1.35. The molecule has 0 radical (unpaired) electrons. The highest BCUT2D eigenvalue weighted by Crippen LogP contribution is 2.31. The SMILES string of the molecule is CCC(CNC(=O)/C=C/c1csc(N(C(C)=O)c2ccccc2F)n1)N1CCc2ccccc2C1. The quantitative estimate of drug-likeness (QED) is 0.453.